The normalized spacial score (nSPS) is 16.0. The number of anilines is 1. The summed E-state index contributed by atoms with van der Waals surface area (Å²) in [5.41, 5.74) is 2.84. The van der Waals surface area contributed by atoms with Gasteiger partial charge in [-0.05, 0) is 54.8 Å². The van der Waals surface area contributed by atoms with E-state index < -0.39 is 10.0 Å². The van der Waals surface area contributed by atoms with Gasteiger partial charge in [0, 0.05) is 40.8 Å². The van der Waals surface area contributed by atoms with Crippen molar-refractivity contribution in [3.05, 3.63) is 94.8 Å². The number of methoxy groups -OCH3 is 2. The van der Waals surface area contributed by atoms with Crippen LogP contribution in [0.1, 0.15) is 42.0 Å². The molecule has 0 spiro atoms. The van der Waals surface area contributed by atoms with Gasteiger partial charge >= 0.3 is 0 Å². The lowest BCUT2D eigenvalue weighted by atomic mass is 9.94. The van der Waals surface area contributed by atoms with Crippen LogP contribution in [0.5, 0.6) is 11.5 Å². The van der Waals surface area contributed by atoms with Gasteiger partial charge in [-0.1, -0.05) is 54.4 Å². The molecule has 1 saturated heterocycles. The monoisotopic (exact) mass is 598 g/mol. The molecule has 1 fully saturated rings. The Kier molecular flexibility index (Phi) is 8.90. The summed E-state index contributed by atoms with van der Waals surface area (Å²) in [4.78, 5) is 6.71. The molecule has 1 aliphatic heterocycles. The summed E-state index contributed by atoms with van der Waals surface area (Å²) in [5, 5.41) is 0.662. The minimum absolute atomic E-state index is 0.00337. The van der Waals surface area contributed by atoms with E-state index in [2.05, 4.69) is 38.5 Å². The number of benzene rings is 3. The zero-order valence-electron chi connectivity index (χ0n) is 22.4. The van der Waals surface area contributed by atoms with Gasteiger partial charge in [0.1, 0.15) is 17.8 Å². The topological polar surface area (TPSA) is 84.9 Å². The van der Waals surface area contributed by atoms with Crippen LogP contribution in [0, 0.1) is 0 Å². The second-order valence-electron chi connectivity index (χ2n) is 9.56. The van der Waals surface area contributed by atoms with E-state index in [4.69, 9.17) is 21.1 Å². The number of rotatable bonds is 10. The second-order valence-corrected chi connectivity index (χ2v) is 12.6. The molecule has 1 aliphatic rings. The summed E-state index contributed by atoms with van der Waals surface area (Å²) >= 11 is 7.75. The van der Waals surface area contributed by atoms with E-state index in [0.29, 0.717) is 34.7 Å². The molecule has 2 heterocycles. The van der Waals surface area contributed by atoms with Crippen molar-refractivity contribution in [2.75, 3.05) is 25.1 Å². The maximum atomic E-state index is 14.0. The highest BCUT2D eigenvalue weighted by Gasteiger charge is 2.30. The molecule has 3 aromatic carbocycles. The maximum Gasteiger partial charge on any atom is 0.266 e. The Morgan fingerprint density at radius 2 is 1.82 bits per heavy atom. The minimum atomic E-state index is -4.03. The van der Waals surface area contributed by atoms with E-state index in [1.54, 1.807) is 31.4 Å². The highest BCUT2D eigenvalue weighted by atomic mass is 35.5. The Balaban J connectivity index is 1.42. The predicted molar refractivity (Wildman–Crippen MR) is 158 cm³/mol. The number of hydrogen-bond donors (Lipinski definition) is 0. The summed E-state index contributed by atoms with van der Waals surface area (Å²) in [7, 11) is -0.937. The molecule has 5 rings (SSSR count). The molecule has 4 aromatic rings. The Labute approximate surface area is 244 Å². The van der Waals surface area contributed by atoms with E-state index in [0.717, 1.165) is 36.5 Å². The van der Waals surface area contributed by atoms with E-state index in [9.17, 15) is 8.42 Å². The fourth-order valence-corrected chi connectivity index (χ4v) is 7.53. The Bertz CT molecular complexity index is 1540. The van der Waals surface area contributed by atoms with Crippen LogP contribution in [-0.2, 0) is 23.1 Å². The lowest BCUT2D eigenvalue weighted by molar-refractivity contribution is 0.140. The quantitative estimate of drug-likeness (QED) is 0.211. The summed E-state index contributed by atoms with van der Waals surface area (Å²) in [6.45, 7) is 1.60. The van der Waals surface area contributed by atoms with Gasteiger partial charge in [0.2, 0.25) is 5.13 Å². The lowest BCUT2D eigenvalue weighted by Crippen LogP contribution is -2.33. The molecule has 1 atom stereocenters. The van der Waals surface area contributed by atoms with Crippen molar-refractivity contribution in [1.29, 1.82) is 0 Å². The predicted octanol–water partition coefficient (Wildman–Crippen LogP) is 6.33. The molecule has 1 aromatic heterocycles. The zero-order chi connectivity index (χ0) is 28.1. The average molecular weight is 599 g/mol. The number of likely N-dealkylation sites (tertiary alicyclic amines) is 1. The molecule has 210 valence electrons. The maximum absolute atomic E-state index is 14.0. The number of sulfonamides is 1. The fraction of sp³-hybridized carbons (Fsp3) is 0.310. The van der Waals surface area contributed by atoms with Gasteiger partial charge in [-0.3, -0.25) is 4.90 Å². The Hall–Kier alpha value is -3.18. The van der Waals surface area contributed by atoms with Crippen LogP contribution in [0.4, 0.5) is 5.13 Å². The van der Waals surface area contributed by atoms with Gasteiger partial charge in [-0.2, -0.15) is 4.37 Å². The summed E-state index contributed by atoms with van der Waals surface area (Å²) in [6.07, 6.45) is 4.73. The third-order valence-electron chi connectivity index (χ3n) is 7.16. The van der Waals surface area contributed by atoms with Gasteiger partial charge in [0.05, 0.1) is 25.7 Å². The SMILES string of the molecule is COc1ccc(CN(c2ncns2)S(=O)(=O)c2ccc(CN3CCCC[C@@H]3c3ccccc3)c(Cl)c2)c(OC)c1. The van der Waals surface area contributed by atoms with Gasteiger partial charge < -0.3 is 9.47 Å². The molecule has 0 saturated carbocycles. The van der Waals surface area contributed by atoms with E-state index in [1.165, 1.54) is 35.8 Å². The van der Waals surface area contributed by atoms with E-state index >= 15 is 0 Å². The van der Waals surface area contributed by atoms with Gasteiger partial charge in [0.25, 0.3) is 10.0 Å². The fourth-order valence-electron chi connectivity index (χ4n) is 5.07. The lowest BCUT2D eigenvalue weighted by Gasteiger charge is -2.36. The van der Waals surface area contributed by atoms with Gasteiger partial charge in [0.15, 0.2) is 0 Å². The van der Waals surface area contributed by atoms with Crippen molar-refractivity contribution in [2.45, 2.75) is 43.3 Å². The Morgan fingerprint density at radius 3 is 2.52 bits per heavy atom. The first kappa shape index (κ1) is 28.4. The van der Waals surface area contributed by atoms with E-state index in [1.807, 2.05) is 12.1 Å². The first-order chi connectivity index (χ1) is 19.4. The molecule has 0 bridgehead atoms. The van der Waals surface area contributed by atoms with Crippen LogP contribution in [0.2, 0.25) is 5.02 Å². The van der Waals surface area contributed by atoms with Crippen molar-refractivity contribution in [1.82, 2.24) is 14.3 Å². The number of aromatic nitrogens is 2. The van der Waals surface area contributed by atoms with Crippen molar-refractivity contribution in [3.63, 3.8) is 0 Å². The third kappa shape index (κ3) is 6.10. The van der Waals surface area contributed by atoms with Crippen LogP contribution >= 0.6 is 23.1 Å². The molecule has 0 unspecified atom stereocenters. The number of halogens is 1. The minimum Gasteiger partial charge on any atom is -0.497 e. The molecule has 0 N–H and O–H groups in total. The molecular formula is C29H31ClN4O4S2. The van der Waals surface area contributed by atoms with Crippen LogP contribution in [0.25, 0.3) is 0 Å². The van der Waals surface area contributed by atoms with Crippen molar-refractivity contribution >= 4 is 38.3 Å². The molecule has 11 heteroatoms. The number of ether oxygens (including phenoxy) is 2. The van der Waals surface area contributed by atoms with E-state index in [-0.39, 0.29) is 16.6 Å². The molecule has 8 nitrogen and oxygen atoms in total. The standard InChI is InChI=1S/C29H31ClN4O4S2/c1-37-24-13-11-23(28(16-24)38-2)19-34(29-31-20-32-39-29)40(35,36)25-14-12-22(26(30)17-25)18-33-15-7-6-10-27(33)21-8-4-3-5-9-21/h3-5,8-9,11-14,16-17,20,27H,6-7,10,15,18-19H2,1-2H3/t27-/m1/s1. The number of piperidine rings is 1. The summed E-state index contributed by atoms with van der Waals surface area (Å²) in [5.74, 6) is 1.11. The van der Waals surface area contributed by atoms with Gasteiger partial charge in [-0.15, -0.1) is 0 Å². The molecule has 0 radical (unpaired) electrons. The smallest absolute Gasteiger partial charge is 0.266 e. The third-order valence-corrected chi connectivity index (χ3v) is 10.0. The average Bonchev–Trinajstić information content (AvgIpc) is 3.52. The van der Waals surface area contributed by atoms with Gasteiger partial charge in [-0.25, -0.2) is 17.7 Å². The van der Waals surface area contributed by atoms with Crippen molar-refractivity contribution in [2.24, 2.45) is 0 Å². The van der Waals surface area contributed by atoms with Crippen LogP contribution in [0.3, 0.4) is 0 Å². The second kappa shape index (κ2) is 12.6. The van der Waals surface area contributed by atoms with Crippen molar-refractivity contribution in [3.8, 4) is 11.5 Å². The first-order valence-corrected chi connectivity index (χ1v) is 15.6. The van der Waals surface area contributed by atoms with Crippen molar-refractivity contribution < 1.29 is 17.9 Å². The number of nitrogens with zero attached hydrogens (tertiary/aromatic N) is 4. The first-order valence-electron chi connectivity index (χ1n) is 13.0. The highest BCUT2D eigenvalue weighted by molar-refractivity contribution is 7.93. The van der Waals surface area contributed by atoms with Crippen LogP contribution in [0.15, 0.2) is 78.0 Å². The number of hydrogen-bond acceptors (Lipinski definition) is 8. The van der Waals surface area contributed by atoms with Crippen LogP contribution < -0.4 is 13.8 Å². The summed E-state index contributed by atoms with van der Waals surface area (Å²) < 4.78 is 44.0. The highest BCUT2D eigenvalue weighted by Crippen LogP contribution is 2.35. The summed E-state index contributed by atoms with van der Waals surface area (Å²) in [6, 6.07) is 21.0. The Morgan fingerprint density at radius 1 is 1.02 bits per heavy atom. The van der Waals surface area contributed by atoms with Crippen LogP contribution in [-0.4, -0.2) is 43.4 Å². The largest absolute Gasteiger partial charge is 0.497 e. The molecule has 0 amide bonds. The zero-order valence-corrected chi connectivity index (χ0v) is 24.8. The molecule has 40 heavy (non-hydrogen) atoms. The molecule has 0 aliphatic carbocycles. The molecular weight excluding hydrogens is 568 g/mol.